The normalized spacial score (nSPS) is 10.5. The molecule has 110 valence electrons. The molecule has 0 spiro atoms. The number of hydrogen-bond acceptors (Lipinski definition) is 2. The third kappa shape index (κ3) is 2.95. The Labute approximate surface area is 134 Å². The van der Waals surface area contributed by atoms with E-state index in [9.17, 15) is 4.79 Å². The quantitative estimate of drug-likeness (QED) is 0.700. The highest BCUT2D eigenvalue weighted by Gasteiger charge is 2.12. The van der Waals surface area contributed by atoms with Gasteiger partial charge in [-0.05, 0) is 42.7 Å². The number of amides is 1. The molecule has 1 amide bonds. The lowest BCUT2D eigenvalue weighted by molar-refractivity contribution is 0.103. The molecule has 3 aromatic rings. The van der Waals surface area contributed by atoms with Gasteiger partial charge in [0.15, 0.2) is 0 Å². The zero-order valence-electron chi connectivity index (χ0n) is 12.6. The van der Waals surface area contributed by atoms with Gasteiger partial charge in [0.1, 0.15) is 0 Å². The van der Waals surface area contributed by atoms with Crippen molar-refractivity contribution in [1.82, 2.24) is 0 Å². The number of aryl methyl sites for hydroxylation is 2. The summed E-state index contributed by atoms with van der Waals surface area (Å²) in [6, 6.07) is 20.0. The van der Waals surface area contributed by atoms with Crippen molar-refractivity contribution in [3.05, 3.63) is 76.7 Å². The van der Waals surface area contributed by atoms with Crippen LogP contribution in [0.15, 0.2) is 60.7 Å². The third-order valence-corrected chi connectivity index (χ3v) is 4.74. The largest absolute Gasteiger partial charge is 0.321 e. The smallest absolute Gasteiger partial charge is 0.265 e. The van der Waals surface area contributed by atoms with E-state index in [2.05, 4.69) is 17.4 Å². The molecule has 2 nitrogen and oxygen atoms in total. The number of hydrogen-bond donors (Lipinski definition) is 1. The van der Waals surface area contributed by atoms with Gasteiger partial charge in [0.2, 0.25) is 0 Å². The lowest BCUT2D eigenvalue weighted by Gasteiger charge is -2.10. The summed E-state index contributed by atoms with van der Waals surface area (Å²) in [4.78, 5) is 14.3. The maximum Gasteiger partial charge on any atom is 0.265 e. The van der Waals surface area contributed by atoms with E-state index < -0.39 is 0 Å². The van der Waals surface area contributed by atoms with Crippen molar-refractivity contribution in [2.75, 3.05) is 5.32 Å². The molecule has 0 saturated carbocycles. The molecule has 2 aromatic carbocycles. The molecule has 0 saturated heterocycles. The highest BCUT2D eigenvalue weighted by atomic mass is 32.1. The number of carbonyl (C=O) groups excluding carboxylic acids is 1. The molecule has 0 unspecified atom stereocenters. The molecule has 3 heteroatoms. The second kappa shape index (κ2) is 6.16. The first kappa shape index (κ1) is 14.5. The van der Waals surface area contributed by atoms with E-state index in [1.54, 1.807) is 0 Å². The van der Waals surface area contributed by atoms with E-state index in [0.29, 0.717) is 0 Å². The van der Waals surface area contributed by atoms with Crippen LogP contribution < -0.4 is 5.32 Å². The summed E-state index contributed by atoms with van der Waals surface area (Å²) < 4.78 is 0. The van der Waals surface area contributed by atoms with Gasteiger partial charge in [-0.2, -0.15) is 0 Å². The molecule has 0 aliphatic heterocycles. The van der Waals surface area contributed by atoms with Crippen LogP contribution in [0.5, 0.6) is 0 Å². The summed E-state index contributed by atoms with van der Waals surface area (Å²) >= 11 is 1.51. The molecule has 22 heavy (non-hydrogen) atoms. The van der Waals surface area contributed by atoms with Crippen LogP contribution in [0.25, 0.3) is 10.4 Å². The summed E-state index contributed by atoms with van der Waals surface area (Å²) in [5.41, 5.74) is 4.20. The van der Waals surface area contributed by atoms with Gasteiger partial charge in [0.25, 0.3) is 5.91 Å². The van der Waals surface area contributed by atoms with Gasteiger partial charge in [0, 0.05) is 10.6 Å². The summed E-state index contributed by atoms with van der Waals surface area (Å²) in [5, 5.41) is 3.03. The highest BCUT2D eigenvalue weighted by Crippen LogP contribution is 2.29. The van der Waals surface area contributed by atoms with Crippen LogP contribution in [0, 0.1) is 13.8 Å². The molecule has 0 bridgehead atoms. The summed E-state index contributed by atoms with van der Waals surface area (Å²) in [6.45, 7) is 4.01. The Morgan fingerprint density at radius 3 is 2.23 bits per heavy atom. The first-order valence-corrected chi connectivity index (χ1v) is 7.99. The van der Waals surface area contributed by atoms with Crippen LogP contribution in [-0.4, -0.2) is 5.91 Å². The van der Waals surface area contributed by atoms with Gasteiger partial charge < -0.3 is 5.32 Å². The van der Waals surface area contributed by atoms with E-state index in [-0.39, 0.29) is 5.91 Å². The Hall–Kier alpha value is -2.39. The summed E-state index contributed by atoms with van der Waals surface area (Å²) in [6.07, 6.45) is 0. The number of rotatable bonds is 3. The zero-order valence-corrected chi connectivity index (χ0v) is 13.4. The topological polar surface area (TPSA) is 29.1 Å². The number of benzene rings is 2. The van der Waals surface area contributed by atoms with Crippen LogP contribution in [0.1, 0.15) is 20.8 Å². The van der Waals surface area contributed by atoms with Crippen molar-refractivity contribution in [2.24, 2.45) is 0 Å². The van der Waals surface area contributed by atoms with E-state index >= 15 is 0 Å². The van der Waals surface area contributed by atoms with Crippen LogP contribution in [0.2, 0.25) is 0 Å². The number of thiophene rings is 1. The molecule has 1 N–H and O–H groups in total. The van der Waals surface area contributed by atoms with Crippen LogP contribution in [0.4, 0.5) is 5.69 Å². The predicted octanol–water partition coefficient (Wildman–Crippen LogP) is 5.28. The monoisotopic (exact) mass is 307 g/mol. The standard InChI is InChI=1S/C19H17NOS/c1-13-7-6-8-14(2)18(13)20-19(21)17-12-11-16(22-17)15-9-4-3-5-10-15/h3-12H,1-2H3,(H,20,21). The van der Waals surface area contributed by atoms with Gasteiger partial charge in [-0.25, -0.2) is 0 Å². The van der Waals surface area contributed by atoms with E-state index in [1.165, 1.54) is 11.3 Å². The minimum absolute atomic E-state index is 0.0513. The fourth-order valence-corrected chi connectivity index (χ4v) is 3.31. The molecular weight excluding hydrogens is 290 g/mol. The van der Waals surface area contributed by atoms with Crippen LogP contribution >= 0.6 is 11.3 Å². The third-order valence-electron chi connectivity index (χ3n) is 3.61. The van der Waals surface area contributed by atoms with Gasteiger partial charge >= 0.3 is 0 Å². The molecule has 1 aromatic heterocycles. The predicted molar refractivity (Wildman–Crippen MR) is 93.6 cm³/mol. The Bertz CT molecular complexity index is 785. The molecule has 3 rings (SSSR count). The fraction of sp³-hybridized carbons (Fsp3) is 0.105. The van der Waals surface area contributed by atoms with Gasteiger partial charge in [0.05, 0.1) is 4.88 Å². The Morgan fingerprint density at radius 2 is 1.55 bits per heavy atom. The van der Waals surface area contributed by atoms with Crippen molar-refractivity contribution in [2.45, 2.75) is 13.8 Å². The van der Waals surface area contributed by atoms with Crippen molar-refractivity contribution >= 4 is 22.9 Å². The Balaban J connectivity index is 1.83. The Kier molecular flexibility index (Phi) is 4.07. The fourth-order valence-electron chi connectivity index (χ4n) is 2.40. The molecule has 0 aliphatic rings. The first-order valence-electron chi connectivity index (χ1n) is 7.18. The van der Waals surface area contributed by atoms with Crippen molar-refractivity contribution in [3.8, 4) is 10.4 Å². The SMILES string of the molecule is Cc1cccc(C)c1NC(=O)c1ccc(-c2ccccc2)s1. The second-order valence-electron chi connectivity index (χ2n) is 5.25. The van der Waals surface area contributed by atoms with Gasteiger partial charge in [-0.1, -0.05) is 48.5 Å². The molecular formula is C19H17NOS. The molecule has 0 aliphatic carbocycles. The lowest BCUT2D eigenvalue weighted by Crippen LogP contribution is -2.12. The molecule has 1 heterocycles. The molecule has 0 fully saturated rings. The maximum atomic E-state index is 12.5. The van der Waals surface area contributed by atoms with E-state index in [0.717, 1.165) is 32.1 Å². The molecule has 0 atom stereocenters. The zero-order chi connectivity index (χ0) is 15.5. The average Bonchev–Trinajstić information content (AvgIpc) is 3.02. The van der Waals surface area contributed by atoms with Crippen LogP contribution in [-0.2, 0) is 0 Å². The minimum Gasteiger partial charge on any atom is -0.321 e. The van der Waals surface area contributed by atoms with E-state index in [4.69, 9.17) is 0 Å². The average molecular weight is 307 g/mol. The maximum absolute atomic E-state index is 12.5. The number of anilines is 1. The van der Waals surface area contributed by atoms with Crippen molar-refractivity contribution in [3.63, 3.8) is 0 Å². The molecule has 0 radical (unpaired) electrons. The first-order chi connectivity index (χ1) is 10.6. The number of carbonyl (C=O) groups is 1. The lowest BCUT2D eigenvalue weighted by atomic mass is 10.1. The van der Waals surface area contributed by atoms with Crippen molar-refractivity contribution in [1.29, 1.82) is 0 Å². The minimum atomic E-state index is -0.0513. The van der Waals surface area contributed by atoms with Crippen molar-refractivity contribution < 1.29 is 4.79 Å². The summed E-state index contributed by atoms with van der Waals surface area (Å²) in [7, 11) is 0. The number of nitrogens with one attached hydrogen (secondary N) is 1. The number of para-hydroxylation sites is 1. The van der Waals surface area contributed by atoms with Gasteiger partial charge in [-0.3, -0.25) is 4.79 Å². The second-order valence-corrected chi connectivity index (χ2v) is 6.33. The van der Waals surface area contributed by atoms with Gasteiger partial charge in [-0.15, -0.1) is 11.3 Å². The highest BCUT2D eigenvalue weighted by molar-refractivity contribution is 7.17. The summed E-state index contributed by atoms with van der Waals surface area (Å²) in [5.74, 6) is -0.0513. The Morgan fingerprint density at radius 1 is 0.864 bits per heavy atom. The van der Waals surface area contributed by atoms with E-state index in [1.807, 2.05) is 62.4 Å². The van der Waals surface area contributed by atoms with Crippen LogP contribution in [0.3, 0.4) is 0 Å².